The number of halogens is 1. The smallest absolute Gasteiger partial charge is 0.331 e. The Labute approximate surface area is 133 Å². The zero-order chi connectivity index (χ0) is 16.4. The molecule has 0 atom stereocenters. The fourth-order valence-corrected chi connectivity index (χ4v) is 1.60. The van der Waals surface area contributed by atoms with Crippen molar-refractivity contribution in [3.8, 4) is 0 Å². The third-order valence-corrected chi connectivity index (χ3v) is 2.78. The molecule has 2 N–H and O–H groups in total. The van der Waals surface area contributed by atoms with Crippen LogP contribution in [0.4, 0.5) is 4.79 Å². The molecule has 22 heavy (non-hydrogen) atoms. The minimum atomic E-state index is -0.705. The number of rotatable bonds is 6. The lowest BCUT2D eigenvalue weighted by Gasteiger charge is -2.05. The Balaban J connectivity index is 2.35. The predicted molar refractivity (Wildman–Crippen MR) is 83.3 cm³/mol. The molecule has 0 aliphatic heterocycles. The van der Waals surface area contributed by atoms with Crippen molar-refractivity contribution in [3.63, 3.8) is 0 Å². The summed E-state index contributed by atoms with van der Waals surface area (Å²) in [5.74, 6) is -1.41. The molecule has 0 aromatic heterocycles. The summed E-state index contributed by atoms with van der Waals surface area (Å²) >= 11 is 5.92. The molecule has 0 saturated carbocycles. The van der Waals surface area contributed by atoms with E-state index in [0.717, 1.165) is 12.5 Å². The number of amides is 3. The first-order chi connectivity index (χ1) is 10.5. The Morgan fingerprint density at radius 2 is 2.00 bits per heavy atom. The average molecular weight is 325 g/mol. The first kappa shape index (κ1) is 17.7. The standard InChI is InChI=1S/C15H17ClN2O4/c1-2-9-17-15(21)18-13(19)10-22-14(20)8-7-11-5-3-4-6-12(11)16/h3-8H,2,9-10H2,1H3,(H2,17,18,19,21)/b8-7+. The van der Waals surface area contributed by atoms with E-state index in [9.17, 15) is 14.4 Å². The molecule has 1 aromatic carbocycles. The molecule has 118 valence electrons. The summed E-state index contributed by atoms with van der Waals surface area (Å²) in [6.07, 6.45) is 3.39. The van der Waals surface area contributed by atoms with E-state index in [1.807, 2.05) is 12.2 Å². The largest absolute Gasteiger partial charge is 0.452 e. The Hall–Kier alpha value is -2.34. The SMILES string of the molecule is CCCNC(=O)NC(=O)COC(=O)/C=C/c1ccccc1Cl. The summed E-state index contributed by atoms with van der Waals surface area (Å²) in [4.78, 5) is 34.0. The van der Waals surface area contributed by atoms with Gasteiger partial charge in [0.05, 0.1) is 0 Å². The summed E-state index contributed by atoms with van der Waals surface area (Å²) in [7, 11) is 0. The second kappa shape index (κ2) is 9.57. The van der Waals surface area contributed by atoms with Crippen molar-refractivity contribution in [1.82, 2.24) is 10.6 Å². The van der Waals surface area contributed by atoms with E-state index in [-0.39, 0.29) is 0 Å². The van der Waals surface area contributed by atoms with Gasteiger partial charge < -0.3 is 10.1 Å². The lowest BCUT2D eigenvalue weighted by Crippen LogP contribution is -2.41. The molecule has 0 bridgehead atoms. The van der Waals surface area contributed by atoms with Gasteiger partial charge in [-0.25, -0.2) is 9.59 Å². The summed E-state index contributed by atoms with van der Waals surface area (Å²) in [5.41, 5.74) is 0.657. The topological polar surface area (TPSA) is 84.5 Å². The van der Waals surface area contributed by atoms with Crippen LogP contribution < -0.4 is 10.6 Å². The molecule has 0 unspecified atom stereocenters. The normalized spacial score (nSPS) is 10.3. The molecule has 3 amide bonds. The first-order valence-electron chi connectivity index (χ1n) is 6.70. The summed E-state index contributed by atoms with van der Waals surface area (Å²) in [6.45, 7) is 1.81. The van der Waals surface area contributed by atoms with E-state index in [1.165, 1.54) is 6.08 Å². The minimum absolute atomic E-state index is 0.458. The number of ether oxygens (including phenoxy) is 1. The van der Waals surface area contributed by atoms with E-state index < -0.39 is 24.5 Å². The molecular weight excluding hydrogens is 308 g/mol. The molecule has 1 aromatic rings. The van der Waals surface area contributed by atoms with Crippen LogP contribution in [0.3, 0.4) is 0 Å². The average Bonchev–Trinajstić information content (AvgIpc) is 2.50. The molecule has 6 nitrogen and oxygen atoms in total. The van der Waals surface area contributed by atoms with Crippen molar-refractivity contribution in [2.24, 2.45) is 0 Å². The molecule has 0 radical (unpaired) electrons. The van der Waals surface area contributed by atoms with Gasteiger partial charge in [0.2, 0.25) is 0 Å². The lowest BCUT2D eigenvalue weighted by atomic mass is 10.2. The van der Waals surface area contributed by atoms with Gasteiger partial charge in [0, 0.05) is 17.6 Å². The van der Waals surface area contributed by atoms with Crippen LogP contribution in [-0.2, 0) is 14.3 Å². The number of esters is 1. The predicted octanol–water partition coefficient (Wildman–Crippen LogP) is 2.13. The maximum Gasteiger partial charge on any atom is 0.331 e. The Kier molecular flexibility index (Phi) is 7.70. The second-order valence-electron chi connectivity index (χ2n) is 4.27. The Morgan fingerprint density at radius 3 is 2.68 bits per heavy atom. The molecule has 0 saturated heterocycles. The number of nitrogens with one attached hydrogen (secondary N) is 2. The fraction of sp³-hybridized carbons (Fsp3) is 0.267. The van der Waals surface area contributed by atoms with Gasteiger partial charge in [-0.3, -0.25) is 10.1 Å². The van der Waals surface area contributed by atoms with Crippen molar-refractivity contribution in [2.45, 2.75) is 13.3 Å². The van der Waals surface area contributed by atoms with Crippen LogP contribution in [0.2, 0.25) is 5.02 Å². The van der Waals surface area contributed by atoms with Crippen molar-refractivity contribution >= 4 is 35.6 Å². The highest BCUT2D eigenvalue weighted by molar-refractivity contribution is 6.32. The van der Waals surface area contributed by atoms with Gasteiger partial charge in [-0.2, -0.15) is 0 Å². The van der Waals surface area contributed by atoms with Gasteiger partial charge in [-0.05, 0) is 24.1 Å². The molecule has 7 heteroatoms. The quantitative estimate of drug-likeness (QED) is 0.620. The summed E-state index contributed by atoms with van der Waals surface area (Å²) < 4.78 is 4.71. The molecule has 0 fully saturated rings. The highest BCUT2D eigenvalue weighted by Crippen LogP contribution is 2.16. The van der Waals surface area contributed by atoms with Crippen LogP contribution in [0.25, 0.3) is 6.08 Å². The number of imide groups is 1. The van der Waals surface area contributed by atoms with Gasteiger partial charge in [0.15, 0.2) is 6.61 Å². The van der Waals surface area contributed by atoms with Crippen LogP contribution in [0.5, 0.6) is 0 Å². The minimum Gasteiger partial charge on any atom is -0.452 e. The second-order valence-corrected chi connectivity index (χ2v) is 4.67. The van der Waals surface area contributed by atoms with E-state index in [0.29, 0.717) is 17.1 Å². The zero-order valence-corrected chi connectivity index (χ0v) is 12.9. The van der Waals surface area contributed by atoms with Crippen molar-refractivity contribution < 1.29 is 19.1 Å². The maximum absolute atomic E-state index is 11.5. The fourth-order valence-electron chi connectivity index (χ4n) is 1.40. The maximum atomic E-state index is 11.5. The van der Waals surface area contributed by atoms with E-state index in [2.05, 4.69) is 5.32 Å². The molecule has 0 spiro atoms. The van der Waals surface area contributed by atoms with Crippen LogP contribution in [0.1, 0.15) is 18.9 Å². The third kappa shape index (κ3) is 6.90. The van der Waals surface area contributed by atoms with Crippen molar-refractivity contribution in [1.29, 1.82) is 0 Å². The monoisotopic (exact) mass is 324 g/mol. The highest BCUT2D eigenvalue weighted by Gasteiger charge is 2.08. The van der Waals surface area contributed by atoms with Crippen LogP contribution in [-0.4, -0.2) is 31.1 Å². The number of hydrogen-bond donors (Lipinski definition) is 2. The van der Waals surface area contributed by atoms with Gasteiger partial charge in [-0.1, -0.05) is 36.7 Å². The van der Waals surface area contributed by atoms with Crippen LogP contribution in [0.15, 0.2) is 30.3 Å². The third-order valence-electron chi connectivity index (χ3n) is 2.44. The molecular formula is C15H17ClN2O4. The van der Waals surface area contributed by atoms with Crippen molar-refractivity contribution in [3.05, 3.63) is 40.9 Å². The van der Waals surface area contributed by atoms with E-state index >= 15 is 0 Å². The molecule has 0 aliphatic carbocycles. The Bertz CT molecular complexity index is 572. The van der Waals surface area contributed by atoms with Crippen molar-refractivity contribution in [2.75, 3.05) is 13.2 Å². The van der Waals surface area contributed by atoms with Gasteiger partial charge in [0.25, 0.3) is 5.91 Å². The van der Waals surface area contributed by atoms with Gasteiger partial charge in [0.1, 0.15) is 0 Å². The number of benzene rings is 1. The van der Waals surface area contributed by atoms with Crippen LogP contribution >= 0.6 is 11.6 Å². The Morgan fingerprint density at radius 1 is 1.27 bits per heavy atom. The number of carbonyl (C=O) groups excluding carboxylic acids is 3. The lowest BCUT2D eigenvalue weighted by molar-refractivity contribution is -0.143. The van der Waals surface area contributed by atoms with Gasteiger partial charge >= 0.3 is 12.0 Å². The summed E-state index contributed by atoms with van der Waals surface area (Å²) in [6, 6.07) is 6.35. The molecule has 1 rings (SSSR count). The molecule has 0 aliphatic rings. The number of carbonyl (C=O) groups is 3. The summed E-state index contributed by atoms with van der Waals surface area (Å²) in [5, 5.41) is 5.00. The van der Waals surface area contributed by atoms with Crippen LogP contribution in [0, 0.1) is 0 Å². The van der Waals surface area contributed by atoms with Gasteiger partial charge in [-0.15, -0.1) is 0 Å². The first-order valence-corrected chi connectivity index (χ1v) is 7.07. The van der Waals surface area contributed by atoms with E-state index in [1.54, 1.807) is 24.3 Å². The molecule has 0 heterocycles. The number of hydrogen-bond acceptors (Lipinski definition) is 4. The van der Waals surface area contributed by atoms with E-state index in [4.69, 9.17) is 16.3 Å². The zero-order valence-electron chi connectivity index (χ0n) is 12.1. The highest BCUT2D eigenvalue weighted by atomic mass is 35.5. The number of urea groups is 1.